The minimum Gasteiger partial charge on any atom is -0.444 e. The molecule has 3 N–H and O–H groups in total. The molecular weight excluding hydrogens is 302 g/mol. The van der Waals surface area contributed by atoms with Gasteiger partial charge in [0.15, 0.2) is 0 Å². The van der Waals surface area contributed by atoms with Crippen LogP contribution in [0.25, 0.3) is 0 Å². The zero-order valence-corrected chi connectivity index (χ0v) is 13.8. The van der Waals surface area contributed by atoms with Gasteiger partial charge in [0, 0.05) is 25.6 Å². The quantitative estimate of drug-likeness (QED) is 0.648. The number of nitrogens with one attached hydrogen (secondary N) is 1. The summed E-state index contributed by atoms with van der Waals surface area (Å²) in [5.74, 6) is -0.0339. The van der Waals surface area contributed by atoms with Gasteiger partial charge >= 0.3 is 6.09 Å². The second kappa shape index (κ2) is 9.39. The first-order chi connectivity index (χ1) is 10.5. The van der Waals surface area contributed by atoms with E-state index in [1.54, 1.807) is 40.0 Å². The Morgan fingerprint density at radius 3 is 2.09 bits per heavy atom. The number of primary amides is 1. The maximum atomic E-state index is 10.9. The fourth-order valence-corrected chi connectivity index (χ4v) is 1.47. The van der Waals surface area contributed by atoms with E-state index in [1.165, 1.54) is 12.1 Å². The van der Waals surface area contributed by atoms with Crippen molar-refractivity contribution in [1.82, 2.24) is 5.32 Å². The van der Waals surface area contributed by atoms with Gasteiger partial charge in [-0.1, -0.05) is 12.1 Å². The van der Waals surface area contributed by atoms with Crippen molar-refractivity contribution in [1.29, 1.82) is 0 Å². The third kappa shape index (κ3) is 10.7. The zero-order chi connectivity index (χ0) is 18.0. The van der Waals surface area contributed by atoms with Crippen molar-refractivity contribution in [3.8, 4) is 0 Å². The number of non-ortho nitro benzene ring substituents is 1. The van der Waals surface area contributed by atoms with Crippen molar-refractivity contribution in [2.45, 2.75) is 39.2 Å². The molecule has 1 aromatic carbocycles. The van der Waals surface area contributed by atoms with Gasteiger partial charge in [-0.3, -0.25) is 14.9 Å². The smallest absolute Gasteiger partial charge is 0.405 e. The normalized spacial score (nSPS) is 10.1. The summed E-state index contributed by atoms with van der Waals surface area (Å²) in [4.78, 5) is 30.9. The predicted molar refractivity (Wildman–Crippen MR) is 85.9 cm³/mol. The summed E-state index contributed by atoms with van der Waals surface area (Å²) in [7, 11) is 1.58. The van der Waals surface area contributed by atoms with Crippen LogP contribution in [0.3, 0.4) is 0 Å². The maximum absolute atomic E-state index is 10.9. The fraction of sp³-hybridized carbons (Fsp3) is 0.467. The number of rotatable bonds is 4. The van der Waals surface area contributed by atoms with Crippen LogP contribution in [-0.4, -0.2) is 29.6 Å². The lowest BCUT2D eigenvalue weighted by Gasteiger charge is -2.16. The van der Waals surface area contributed by atoms with Gasteiger partial charge in [0.2, 0.25) is 5.91 Å². The highest BCUT2D eigenvalue weighted by Crippen LogP contribution is 2.12. The molecule has 8 heteroatoms. The summed E-state index contributed by atoms with van der Waals surface area (Å²) in [6, 6.07) is 6.22. The summed E-state index contributed by atoms with van der Waals surface area (Å²) in [6.45, 7) is 5.28. The van der Waals surface area contributed by atoms with Gasteiger partial charge in [-0.15, -0.1) is 0 Å². The van der Waals surface area contributed by atoms with E-state index >= 15 is 0 Å². The van der Waals surface area contributed by atoms with Gasteiger partial charge in [0.25, 0.3) is 5.69 Å². The van der Waals surface area contributed by atoms with Crippen LogP contribution in [0.15, 0.2) is 24.3 Å². The lowest BCUT2D eigenvalue weighted by Crippen LogP contribution is -2.27. The second-order valence-electron chi connectivity index (χ2n) is 5.63. The average Bonchev–Trinajstić information content (AvgIpc) is 2.43. The summed E-state index contributed by atoms with van der Waals surface area (Å²) in [5, 5.41) is 12.9. The number of hydrogen-bond donors (Lipinski definition) is 2. The molecule has 2 amide bonds. The van der Waals surface area contributed by atoms with Crippen LogP contribution in [-0.2, 0) is 16.0 Å². The molecule has 8 nitrogen and oxygen atoms in total. The Labute approximate surface area is 135 Å². The van der Waals surface area contributed by atoms with E-state index in [-0.39, 0.29) is 11.6 Å². The third-order valence-corrected chi connectivity index (χ3v) is 2.47. The van der Waals surface area contributed by atoms with E-state index in [0.717, 1.165) is 5.56 Å². The molecule has 128 valence electrons. The van der Waals surface area contributed by atoms with Crippen molar-refractivity contribution in [2.75, 3.05) is 7.05 Å². The molecule has 0 radical (unpaired) electrons. The second-order valence-corrected chi connectivity index (χ2v) is 5.63. The largest absolute Gasteiger partial charge is 0.444 e. The molecule has 0 saturated heterocycles. The van der Waals surface area contributed by atoms with Crippen molar-refractivity contribution in [3.05, 3.63) is 39.9 Å². The highest BCUT2D eigenvalue weighted by molar-refractivity contribution is 5.75. The molecule has 0 heterocycles. The summed E-state index contributed by atoms with van der Waals surface area (Å²) in [5.41, 5.74) is 5.25. The number of carbonyl (C=O) groups excluding carboxylic acids is 2. The molecule has 0 aromatic heterocycles. The number of carbonyl (C=O) groups is 2. The van der Waals surface area contributed by atoms with Crippen LogP contribution in [0.4, 0.5) is 10.5 Å². The molecule has 0 bridgehead atoms. The Morgan fingerprint density at radius 1 is 1.26 bits per heavy atom. The van der Waals surface area contributed by atoms with Crippen LogP contribution in [0.1, 0.15) is 32.8 Å². The van der Waals surface area contributed by atoms with E-state index < -0.39 is 16.6 Å². The van der Waals surface area contributed by atoms with Crippen molar-refractivity contribution < 1.29 is 19.2 Å². The molecule has 0 aliphatic heterocycles. The van der Waals surface area contributed by atoms with Gasteiger partial charge in [-0.05, 0) is 32.8 Å². The van der Waals surface area contributed by atoms with Gasteiger partial charge in [-0.2, -0.15) is 0 Å². The maximum Gasteiger partial charge on any atom is 0.405 e. The lowest BCUT2D eigenvalue weighted by atomic mass is 10.1. The summed E-state index contributed by atoms with van der Waals surface area (Å²) in [6.07, 6.45) is 0.268. The topological polar surface area (TPSA) is 125 Å². The molecule has 1 rings (SSSR count). The van der Waals surface area contributed by atoms with E-state index in [0.29, 0.717) is 12.8 Å². The predicted octanol–water partition coefficient (Wildman–Crippen LogP) is 2.15. The Morgan fingerprint density at radius 2 is 1.78 bits per heavy atom. The van der Waals surface area contributed by atoms with E-state index in [4.69, 9.17) is 5.73 Å². The highest BCUT2D eigenvalue weighted by Gasteiger charge is 2.12. The molecule has 0 saturated carbocycles. The molecule has 23 heavy (non-hydrogen) atoms. The third-order valence-electron chi connectivity index (χ3n) is 2.47. The van der Waals surface area contributed by atoms with E-state index in [2.05, 4.69) is 10.1 Å². The first-order valence-electron chi connectivity index (χ1n) is 6.97. The SMILES string of the molecule is CC(C)(C)OC(N)=O.CNC(=O)CCc1ccc([N+](=O)[O-])cc1. The minimum absolute atomic E-state index is 0.0339. The molecule has 1 aromatic rings. The van der Waals surface area contributed by atoms with Crippen LogP contribution < -0.4 is 11.1 Å². The van der Waals surface area contributed by atoms with Gasteiger partial charge in [0.1, 0.15) is 5.60 Å². The first-order valence-corrected chi connectivity index (χ1v) is 6.97. The van der Waals surface area contributed by atoms with Gasteiger partial charge in [0.05, 0.1) is 4.92 Å². The average molecular weight is 325 g/mol. The summed E-state index contributed by atoms with van der Waals surface area (Å²) < 4.78 is 4.58. The number of nitro groups is 1. The summed E-state index contributed by atoms with van der Waals surface area (Å²) >= 11 is 0. The Balaban J connectivity index is 0.000000515. The lowest BCUT2D eigenvalue weighted by molar-refractivity contribution is -0.384. The van der Waals surface area contributed by atoms with Crippen molar-refractivity contribution in [2.24, 2.45) is 5.73 Å². The number of aryl methyl sites for hydroxylation is 1. The van der Waals surface area contributed by atoms with Gasteiger partial charge < -0.3 is 15.8 Å². The number of ether oxygens (including phenoxy) is 1. The minimum atomic E-state index is -0.725. The number of nitrogens with two attached hydrogens (primary N) is 1. The molecule has 0 atom stereocenters. The number of hydrogen-bond acceptors (Lipinski definition) is 5. The van der Waals surface area contributed by atoms with Crippen molar-refractivity contribution >= 4 is 17.7 Å². The number of amides is 2. The molecule has 0 aliphatic rings. The van der Waals surface area contributed by atoms with Crippen LogP contribution >= 0.6 is 0 Å². The molecule has 0 aliphatic carbocycles. The van der Waals surface area contributed by atoms with Gasteiger partial charge in [-0.25, -0.2) is 4.79 Å². The fourth-order valence-electron chi connectivity index (χ4n) is 1.47. The van der Waals surface area contributed by atoms with Crippen LogP contribution in [0.2, 0.25) is 0 Å². The number of benzene rings is 1. The highest BCUT2D eigenvalue weighted by atomic mass is 16.6. The standard InChI is InChI=1S/C10H12N2O3.C5H11NO2/c1-11-10(13)7-4-8-2-5-9(6-3-8)12(14)15;1-5(2,3)8-4(6)7/h2-3,5-6H,4,7H2,1H3,(H,11,13);1-3H3,(H2,6,7). The van der Waals surface area contributed by atoms with Crippen LogP contribution in [0.5, 0.6) is 0 Å². The zero-order valence-electron chi connectivity index (χ0n) is 13.8. The number of nitrogens with zero attached hydrogens (tertiary/aromatic N) is 1. The Bertz CT molecular complexity index is 535. The van der Waals surface area contributed by atoms with Crippen molar-refractivity contribution in [3.63, 3.8) is 0 Å². The molecule has 0 unspecified atom stereocenters. The monoisotopic (exact) mass is 325 g/mol. The Hall–Kier alpha value is -2.64. The van der Waals surface area contributed by atoms with Crippen LogP contribution in [0, 0.1) is 10.1 Å². The van der Waals surface area contributed by atoms with E-state index in [1.807, 2.05) is 0 Å². The first kappa shape index (κ1) is 20.4. The number of nitro benzene ring substituents is 1. The molecule has 0 fully saturated rings. The van der Waals surface area contributed by atoms with E-state index in [9.17, 15) is 19.7 Å². The molecule has 0 spiro atoms. The molecular formula is C15H23N3O5. The Kier molecular flexibility index (Phi) is 8.31.